The molecule has 1 heterocycles. The van der Waals surface area contributed by atoms with Crippen LogP contribution in [-0.4, -0.2) is 35.6 Å². The number of carbonyl (C=O) groups is 3. The average molecular weight is 543 g/mol. The number of hydrogen-bond donors (Lipinski definition) is 1. The molecule has 1 saturated heterocycles. The number of hydrogen-bond acceptors (Lipinski definition) is 6. The molecule has 1 N–H and O–H groups in total. The van der Waals surface area contributed by atoms with Crippen molar-refractivity contribution in [3.8, 4) is 11.5 Å². The summed E-state index contributed by atoms with van der Waals surface area (Å²) in [6, 6.07) is 19.0. The quantitative estimate of drug-likeness (QED) is 0.239. The number of allylic oxidation sites excluding steroid dienone is 1. The summed E-state index contributed by atoms with van der Waals surface area (Å²) in [7, 11) is 1.55. The van der Waals surface area contributed by atoms with Gasteiger partial charge in [-0.2, -0.15) is 0 Å². The molecule has 7 nitrogen and oxygen atoms in total. The van der Waals surface area contributed by atoms with Gasteiger partial charge in [0.25, 0.3) is 11.1 Å². The highest BCUT2D eigenvalue weighted by Crippen LogP contribution is 2.37. The fourth-order valence-electron chi connectivity index (χ4n) is 4.13. The molecule has 4 rings (SSSR count). The van der Waals surface area contributed by atoms with Gasteiger partial charge >= 0.3 is 0 Å². The van der Waals surface area contributed by atoms with E-state index in [2.05, 4.69) is 11.9 Å². The first kappa shape index (κ1) is 27.7. The number of ether oxygens (including phenoxy) is 2. The highest BCUT2D eigenvalue weighted by atomic mass is 32.2. The number of nitrogens with zero attached hydrogens (tertiary/aromatic N) is 1. The molecule has 0 atom stereocenters. The zero-order valence-electron chi connectivity index (χ0n) is 22.2. The normalized spacial score (nSPS) is 14.0. The van der Waals surface area contributed by atoms with Crippen molar-refractivity contribution in [3.63, 3.8) is 0 Å². The van der Waals surface area contributed by atoms with Gasteiger partial charge in [-0.15, -0.1) is 6.58 Å². The molecule has 1 aliphatic heterocycles. The summed E-state index contributed by atoms with van der Waals surface area (Å²) in [6.45, 7) is 7.69. The van der Waals surface area contributed by atoms with Gasteiger partial charge in [-0.1, -0.05) is 48.5 Å². The van der Waals surface area contributed by atoms with E-state index in [1.165, 1.54) is 0 Å². The van der Waals surface area contributed by atoms with Gasteiger partial charge in [-0.25, -0.2) is 0 Å². The lowest BCUT2D eigenvalue weighted by molar-refractivity contribution is -0.127. The third kappa shape index (κ3) is 6.59. The molecule has 39 heavy (non-hydrogen) atoms. The van der Waals surface area contributed by atoms with Crippen molar-refractivity contribution in [2.45, 2.75) is 26.9 Å². The first-order chi connectivity index (χ1) is 18.8. The number of aryl methyl sites for hydroxylation is 1. The van der Waals surface area contributed by atoms with Gasteiger partial charge in [-0.3, -0.25) is 19.3 Å². The van der Waals surface area contributed by atoms with Gasteiger partial charge in [0, 0.05) is 11.3 Å². The standard InChI is InChI=1S/C31H30N2O5S/c1-5-10-24-15-23(16-26(37-4)29(24)38-19-22-12-7-6-8-13-22)17-27-30(35)33(31(36)39-27)18-28(34)32-25-14-9-11-20(2)21(25)3/h5-9,11-17H,1,10,18-19H2,2-4H3,(H,32,34)/b27-17-. The minimum Gasteiger partial charge on any atom is -0.493 e. The lowest BCUT2D eigenvalue weighted by atomic mass is 10.0. The topological polar surface area (TPSA) is 84.9 Å². The van der Waals surface area contributed by atoms with E-state index in [9.17, 15) is 14.4 Å². The Morgan fingerprint density at radius 1 is 1.08 bits per heavy atom. The Bertz CT molecular complexity index is 1450. The van der Waals surface area contributed by atoms with Crippen LogP contribution in [0.2, 0.25) is 0 Å². The van der Waals surface area contributed by atoms with Crippen LogP contribution in [0.1, 0.15) is 27.8 Å². The Labute approximate surface area is 232 Å². The summed E-state index contributed by atoms with van der Waals surface area (Å²) in [6.07, 6.45) is 3.90. The second-order valence-corrected chi connectivity index (χ2v) is 10.0. The first-order valence-corrected chi connectivity index (χ1v) is 13.2. The van der Waals surface area contributed by atoms with E-state index in [0.29, 0.717) is 35.8 Å². The Morgan fingerprint density at radius 2 is 1.85 bits per heavy atom. The van der Waals surface area contributed by atoms with Crippen molar-refractivity contribution in [1.82, 2.24) is 4.90 Å². The van der Waals surface area contributed by atoms with Crippen LogP contribution in [0.15, 0.2) is 78.2 Å². The van der Waals surface area contributed by atoms with E-state index in [1.54, 1.807) is 31.4 Å². The van der Waals surface area contributed by atoms with Crippen molar-refractivity contribution in [3.05, 3.63) is 106 Å². The van der Waals surface area contributed by atoms with Gasteiger partial charge in [0.1, 0.15) is 13.2 Å². The molecule has 0 aliphatic carbocycles. The molecular weight excluding hydrogens is 512 g/mol. The molecule has 3 aromatic rings. The first-order valence-electron chi connectivity index (χ1n) is 12.4. The van der Waals surface area contributed by atoms with Gasteiger partial charge in [0.2, 0.25) is 5.91 Å². The van der Waals surface area contributed by atoms with Gasteiger partial charge < -0.3 is 14.8 Å². The fraction of sp³-hybridized carbons (Fsp3) is 0.194. The molecule has 0 bridgehead atoms. The van der Waals surface area contributed by atoms with Crippen molar-refractivity contribution in [2.24, 2.45) is 0 Å². The van der Waals surface area contributed by atoms with E-state index >= 15 is 0 Å². The maximum atomic E-state index is 13.1. The number of amides is 3. The van der Waals surface area contributed by atoms with Crippen LogP contribution in [0.25, 0.3) is 6.08 Å². The van der Waals surface area contributed by atoms with Gasteiger partial charge in [0.05, 0.1) is 12.0 Å². The monoisotopic (exact) mass is 542 g/mol. The highest BCUT2D eigenvalue weighted by molar-refractivity contribution is 8.18. The minimum atomic E-state index is -0.519. The average Bonchev–Trinajstić information content (AvgIpc) is 3.18. The molecule has 0 aromatic heterocycles. The molecule has 0 saturated carbocycles. The van der Waals surface area contributed by atoms with Crippen LogP contribution in [-0.2, 0) is 22.6 Å². The highest BCUT2D eigenvalue weighted by Gasteiger charge is 2.36. The number of anilines is 1. The third-order valence-electron chi connectivity index (χ3n) is 6.32. The second kappa shape index (κ2) is 12.5. The molecule has 0 spiro atoms. The van der Waals surface area contributed by atoms with Crippen LogP contribution in [0.3, 0.4) is 0 Å². The lowest BCUT2D eigenvalue weighted by Crippen LogP contribution is -2.36. The number of benzene rings is 3. The smallest absolute Gasteiger partial charge is 0.294 e. The molecule has 0 radical (unpaired) electrons. The van der Waals surface area contributed by atoms with Crippen molar-refractivity contribution < 1.29 is 23.9 Å². The van der Waals surface area contributed by atoms with Crippen LogP contribution in [0, 0.1) is 13.8 Å². The molecule has 1 fully saturated rings. The van der Waals surface area contributed by atoms with Crippen LogP contribution >= 0.6 is 11.8 Å². The largest absolute Gasteiger partial charge is 0.493 e. The number of carbonyl (C=O) groups excluding carboxylic acids is 3. The summed E-state index contributed by atoms with van der Waals surface area (Å²) in [5.41, 5.74) is 5.13. The summed E-state index contributed by atoms with van der Waals surface area (Å²) < 4.78 is 11.7. The van der Waals surface area contributed by atoms with E-state index < -0.39 is 17.1 Å². The number of nitrogens with one attached hydrogen (secondary N) is 1. The molecule has 1 aliphatic rings. The minimum absolute atomic E-state index is 0.226. The number of thioether (sulfide) groups is 1. The van der Waals surface area contributed by atoms with Crippen LogP contribution in [0.4, 0.5) is 10.5 Å². The van der Waals surface area contributed by atoms with Crippen LogP contribution < -0.4 is 14.8 Å². The Balaban J connectivity index is 1.53. The Morgan fingerprint density at radius 3 is 2.56 bits per heavy atom. The zero-order chi connectivity index (χ0) is 27.9. The van der Waals surface area contributed by atoms with Crippen LogP contribution in [0.5, 0.6) is 11.5 Å². The predicted molar refractivity (Wildman–Crippen MR) is 155 cm³/mol. The summed E-state index contributed by atoms with van der Waals surface area (Å²) in [4.78, 5) is 39.6. The molecule has 200 valence electrons. The van der Waals surface area contributed by atoms with Gasteiger partial charge in [-0.05, 0) is 78.6 Å². The number of methoxy groups -OCH3 is 1. The lowest BCUT2D eigenvalue weighted by Gasteiger charge is -2.16. The SMILES string of the molecule is C=CCc1cc(/C=C2\SC(=O)N(CC(=O)Nc3cccc(C)c3C)C2=O)cc(OC)c1OCc1ccccc1. The number of imide groups is 1. The van der Waals surface area contributed by atoms with Gasteiger partial charge in [0.15, 0.2) is 11.5 Å². The number of rotatable bonds is 10. The summed E-state index contributed by atoms with van der Waals surface area (Å²) in [5.74, 6) is 0.134. The van der Waals surface area contributed by atoms with E-state index in [4.69, 9.17) is 9.47 Å². The maximum absolute atomic E-state index is 13.1. The third-order valence-corrected chi connectivity index (χ3v) is 7.22. The zero-order valence-corrected chi connectivity index (χ0v) is 23.0. The second-order valence-electron chi connectivity index (χ2n) is 9.04. The van der Waals surface area contributed by atoms with E-state index in [1.807, 2.05) is 62.4 Å². The Hall–Kier alpha value is -4.30. The molecule has 3 aromatic carbocycles. The molecule has 3 amide bonds. The fourth-order valence-corrected chi connectivity index (χ4v) is 4.97. The van der Waals surface area contributed by atoms with E-state index in [0.717, 1.165) is 38.9 Å². The Kier molecular flexibility index (Phi) is 8.88. The van der Waals surface area contributed by atoms with Crippen molar-refractivity contribution >= 4 is 40.6 Å². The summed E-state index contributed by atoms with van der Waals surface area (Å²) in [5, 5.41) is 2.30. The summed E-state index contributed by atoms with van der Waals surface area (Å²) >= 11 is 0.801. The predicted octanol–water partition coefficient (Wildman–Crippen LogP) is 6.29. The van der Waals surface area contributed by atoms with Crippen molar-refractivity contribution in [2.75, 3.05) is 19.0 Å². The van der Waals surface area contributed by atoms with Crippen molar-refractivity contribution in [1.29, 1.82) is 0 Å². The molecular formula is C31H30N2O5S. The molecule has 0 unspecified atom stereocenters. The molecule has 8 heteroatoms. The maximum Gasteiger partial charge on any atom is 0.294 e. The van der Waals surface area contributed by atoms with E-state index in [-0.39, 0.29) is 11.4 Å².